The molecule has 152 valence electrons. The number of imidazole rings is 1. The minimum absolute atomic E-state index is 0.115. The highest BCUT2D eigenvalue weighted by atomic mass is 16.6. The fraction of sp³-hybridized carbons (Fsp3) is 0.400. The van der Waals surface area contributed by atoms with Gasteiger partial charge in [-0.3, -0.25) is 0 Å². The van der Waals surface area contributed by atoms with Crippen LogP contribution in [0.3, 0.4) is 0 Å². The average molecular weight is 396 g/mol. The van der Waals surface area contributed by atoms with Gasteiger partial charge >= 0.3 is 6.09 Å². The van der Waals surface area contributed by atoms with Crippen LogP contribution in [0.25, 0.3) is 16.9 Å². The van der Waals surface area contributed by atoms with E-state index in [2.05, 4.69) is 14.9 Å². The van der Waals surface area contributed by atoms with Gasteiger partial charge in [0, 0.05) is 44.0 Å². The smallest absolute Gasteiger partial charge is 0.410 e. The van der Waals surface area contributed by atoms with Crippen LogP contribution < -0.4 is 9.64 Å². The van der Waals surface area contributed by atoms with Gasteiger partial charge in [0.1, 0.15) is 5.82 Å². The van der Waals surface area contributed by atoms with Crippen molar-refractivity contribution in [2.45, 2.75) is 20.0 Å². The number of rotatable bonds is 4. The third-order valence-electron chi connectivity index (χ3n) is 4.79. The Hall–Kier alpha value is -3.36. The number of anilines is 1. The summed E-state index contributed by atoms with van der Waals surface area (Å²) in [6.07, 6.45) is 3.12. The molecule has 0 spiro atoms. The van der Waals surface area contributed by atoms with Gasteiger partial charge in [-0.25, -0.2) is 19.3 Å². The number of hydrogen-bond donors (Lipinski definition) is 0. The number of methoxy groups -OCH3 is 1. The minimum Gasteiger partial charge on any atom is -0.481 e. The number of fused-ring (bicyclic) bond motifs is 1. The van der Waals surface area contributed by atoms with Crippen molar-refractivity contribution in [1.29, 1.82) is 0 Å². The highest BCUT2D eigenvalue weighted by molar-refractivity contribution is 5.68. The second-order valence-electron chi connectivity index (χ2n) is 7.10. The Morgan fingerprint density at radius 1 is 1.10 bits per heavy atom. The lowest BCUT2D eigenvalue weighted by Gasteiger charge is -2.35. The van der Waals surface area contributed by atoms with E-state index >= 15 is 0 Å². The van der Waals surface area contributed by atoms with Gasteiger partial charge in [-0.2, -0.15) is 0 Å². The quantitative estimate of drug-likeness (QED) is 0.670. The van der Waals surface area contributed by atoms with E-state index in [0.717, 1.165) is 22.7 Å². The Morgan fingerprint density at radius 3 is 2.62 bits per heavy atom. The third kappa shape index (κ3) is 3.94. The third-order valence-corrected chi connectivity index (χ3v) is 4.79. The molecule has 0 N–H and O–H groups in total. The first-order valence-corrected chi connectivity index (χ1v) is 9.61. The van der Waals surface area contributed by atoms with Gasteiger partial charge in [0.15, 0.2) is 5.65 Å². The predicted octanol–water partition coefficient (Wildman–Crippen LogP) is 2.47. The Balaban J connectivity index is 1.54. The van der Waals surface area contributed by atoms with Gasteiger partial charge in [0.25, 0.3) is 0 Å². The largest absolute Gasteiger partial charge is 0.481 e. The van der Waals surface area contributed by atoms with Gasteiger partial charge in [-0.15, -0.1) is 5.10 Å². The Morgan fingerprint density at radius 2 is 1.90 bits per heavy atom. The number of piperazine rings is 1. The van der Waals surface area contributed by atoms with Crippen LogP contribution in [0.5, 0.6) is 5.88 Å². The van der Waals surface area contributed by atoms with Crippen LogP contribution in [0.15, 0.2) is 36.7 Å². The van der Waals surface area contributed by atoms with E-state index in [1.807, 2.05) is 42.6 Å². The molecule has 0 radical (unpaired) electrons. The van der Waals surface area contributed by atoms with Crippen molar-refractivity contribution in [2.24, 2.45) is 0 Å². The summed E-state index contributed by atoms with van der Waals surface area (Å²) in [7, 11) is 1.59. The Labute approximate surface area is 168 Å². The predicted molar refractivity (Wildman–Crippen MR) is 108 cm³/mol. The molecule has 29 heavy (non-hydrogen) atoms. The summed E-state index contributed by atoms with van der Waals surface area (Å²) in [5.74, 6) is 1.38. The van der Waals surface area contributed by atoms with Crippen LogP contribution in [-0.2, 0) is 4.74 Å². The number of nitrogens with zero attached hydrogens (tertiary/aromatic N) is 6. The molecule has 0 aromatic carbocycles. The molecular formula is C20H24N6O3. The fourth-order valence-corrected chi connectivity index (χ4v) is 3.30. The summed E-state index contributed by atoms with van der Waals surface area (Å²) < 4.78 is 12.3. The van der Waals surface area contributed by atoms with Crippen LogP contribution in [0.2, 0.25) is 0 Å². The van der Waals surface area contributed by atoms with Crippen molar-refractivity contribution in [3.63, 3.8) is 0 Å². The number of amides is 1. The van der Waals surface area contributed by atoms with Crippen molar-refractivity contribution in [1.82, 2.24) is 24.5 Å². The molecule has 4 heterocycles. The van der Waals surface area contributed by atoms with E-state index in [4.69, 9.17) is 14.6 Å². The molecule has 9 nitrogen and oxygen atoms in total. The lowest BCUT2D eigenvalue weighted by Crippen LogP contribution is -2.49. The first kappa shape index (κ1) is 19.0. The summed E-state index contributed by atoms with van der Waals surface area (Å²) in [5, 5.41) is 4.79. The summed E-state index contributed by atoms with van der Waals surface area (Å²) in [4.78, 5) is 24.6. The van der Waals surface area contributed by atoms with Gasteiger partial charge in [0.2, 0.25) is 5.88 Å². The number of carbonyl (C=O) groups is 1. The number of aromatic nitrogens is 4. The monoisotopic (exact) mass is 396 g/mol. The van der Waals surface area contributed by atoms with Crippen molar-refractivity contribution >= 4 is 17.6 Å². The fourth-order valence-electron chi connectivity index (χ4n) is 3.30. The van der Waals surface area contributed by atoms with Gasteiger partial charge < -0.3 is 19.3 Å². The van der Waals surface area contributed by atoms with Crippen molar-refractivity contribution in [3.8, 4) is 17.1 Å². The standard InChI is InChI=1S/C20H24N6O3/c1-14(2)29-20(27)25-10-8-24(9-11-25)18-5-4-17-22-13-16(26(17)23-18)15-6-7-21-19(12-15)28-3/h4-7,12-14H,8-11H2,1-3H3. The van der Waals surface area contributed by atoms with E-state index < -0.39 is 0 Å². The molecule has 1 fully saturated rings. The lowest BCUT2D eigenvalue weighted by molar-refractivity contribution is 0.0751. The highest BCUT2D eigenvalue weighted by Gasteiger charge is 2.24. The second-order valence-corrected chi connectivity index (χ2v) is 7.10. The highest BCUT2D eigenvalue weighted by Crippen LogP contribution is 2.24. The van der Waals surface area contributed by atoms with Crippen LogP contribution >= 0.6 is 0 Å². The minimum atomic E-state index is -0.258. The molecule has 4 rings (SSSR count). The van der Waals surface area contributed by atoms with Gasteiger partial charge in [-0.05, 0) is 32.0 Å². The maximum Gasteiger partial charge on any atom is 0.410 e. The molecule has 9 heteroatoms. The van der Waals surface area contributed by atoms with Crippen molar-refractivity contribution in [2.75, 3.05) is 38.2 Å². The number of ether oxygens (including phenoxy) is 2. The summed E-state index contributed by atoms with van der Waals surface area (Å²) in [6, 6.07) is 7.67. The molecule has 0 saturated carbocycles. The molecule has 0 bridgehead atoms. The maximum absolute atomic E-state index is 12.1. The zero-order valence-electron chi connectivity index (χ0n) is 16.8. The van der Waals surface area contributed by atoms with E-state index in [0.29, 0.717) is 32.1 Å². The number of pyridine rings is 1. The first-order valence-electron chi connectivity index (χ1n) is 9.61. The van der Waals surface area contributed by atoms with Gasteiger partial charge in [-0.1, -0.05) is 0 Å². The van der Waals surface area contributed by atoms with E-state index in [-0.39, 0.29) is 12.2 Å². The van der Waals surface area contributed by atoms with Gasteiger partial charge in [0.05, 0.1) is 25.1 Å². The van der Waals surface area contributed by atoms with E-state index in [1.54, 1.807) is 24.4 Å². The summed E-state index contributed by atoms with van der Waals surface area (Å²) in [6.45, 7) is 6.30. The normalized spacial score (nSPS) is 14.5. The van der Waals surface area contributed by atoms with Crippen LogP contribution in [-0.4, -0.2) is 70.0 Å². The molecule has 1 aliphatic heterocycles. The van der Waals surface area contributed by atoms with Crippen molar-refractivity contribution < 1.29 is 14.3 Å². The summed E-state index contributed by atoms with van der Waals surface area (Å²) >= 11 is 0. The molecule has 0 aliphatic carbocycles. The molecule has 1 aliphatic rings. The van der Waals surface area contributed by atoms with E-state index in [9.17, 15) is 4.79 Å². The number of carbonyl (C=O) groups excluding carboxylic acids is 1. The topological polar surface area (TPSA) is 85.1 Å². The zero-order chi connectivity index (χ0) is 20.4. The molecular weight excluding hydrogens is 372 g/mol. The first-order chi connectivity index (χ1) is 14.0. The molecule has 0 atom stereocenters. The number of hydrogen-bond acceptors (Lipinski definition) is 7. The maximum atomic E-state index is 12.1. The summed E-state index contributed by atoms with van der Waals surface area (Å²) in [5.41, 5.74) is 2.55. The molecule has 1 saturated heterocycles. The second kappa shape index (κ2) is 7.94. The molecule has 1 amide bonds. The SMILES string of the molecule is COc1cc(-c2cnc3ccc(N4CCN(C(=O)OC(C)C)CC4)nn23)ccn1. The van der Waals surface area contributed by atoms with Crippen LogP contribution in [0, 0.1) is 0 Å². The van der Waals surface area contributed by atoms with E-state index in [1.165, 1.54) is 0 Å². The zero-order valence-corrected chi connectivity index (χ0v) is 16.8. The molecule has 3 aromatic heterocycles. The average Bonchev–Trinajstić information content (AvgIpc) is 3.16. The molecule has 0 unspecified atom stereocenters. The lowest BCUT2D eigenvalue weighted by atomic mass is 10.2. The molecule has 3 aromatic rings. The van der Waals surface area contributed by atoms with Crippen LogP contribution in [0.1, 0.15) is 13.8 Å². The van der Waals surface area contributed by atoms with Crippen LogP contribution in [0.4, 0.5) is 10.6 Å². The Bertz CT molecular complexity index is 1010. The van der Waals surface area contributed by atoms with Crippen molar-refractivity contribution in [3.05, 3.63) is 36.7 Å². The Kier molecular flexibility index (Phi) is 5.20.